The summed E-state index contributed by atoms with van der Waals surface area (Å²) >= 11 is 2.11. The molecule has 3 aromatic rings. The van der Waals surface area contributed by atoms with Crippen LogP contribution in [0.2, 0.25) is 0 Å². The van der Waals surface area contributed by atoms with Crippen LogP contribution in [0.3, 0.4) is 0 Å². The molecule has 0 bridgehead atoms. The van der Waals surface area contributed by atoms with Gasteiger partial charge in [-0.1, -0.05) is 28.7 Å². The van der Waals surface area contributed by atoms with Crippen molar-refractivity contribution in [3.05, 3.63) is 55.7 Å². The van der Waals surface area contributed by atoms with E-state index in [4.69, 9.17) is 0 Å². The number of hydrogen-bond acceptors (Lipinski definition) is 7. The van der Waals surface area contributed by atoms with Crippen LogP contribution in [0.4, 0.5) is 5.00 Å². The fraction of sp³-hybridized carbons (Fsp3) is 0.235. The van der Waals surface area contributed by atoms with E-state index in [2.05, 4.69) is 9.73 Å². The van der Waals surface area contributed by atoms with Crippen LogP contribution in [0, 0.1) is 17.0 Å². The number of fused-ring (bicyclic) bond motifs is 1. The molecule has 8 nitrogen and oxygen atoms in total. The van der Waals surface area contributed by atoms with Crippen LogP contribution in [0.25, 0.3) is 10.2 Å². The highest BCUT2D eigenvalue weighted by molar-refractivity contribution is 7.17. The summed E-state index contributed by atoms with van der Waals surface area (Å²) in [6.45, 7) is 2.27. The lowest BCUT2D eigenvalue weighted by molar-refractivity contribution is -0.380. The molecule has 2 aromatic heterocycles. The Hall–Kier alpha value is -2.85. The van der Waals surface area contributed by atoms with E-state index in [-0.39, 0.29) is 22.3 Å². The zero-order chi connectivity index (χ0) is 19.6. The van der Waals surface area contributed by atoms with Crippen LogP contribution in [0.1, 0.15) is 21.7 Å². The highest BCUT2D eigenvalue weighted by Gasteiger charge is 2.16. The molecule has 0 N–H and O–H groups in total. The Morgan fingerprint density at radius 3 is 2.70 bits per heavy atom. The van der Waals surface area contributed by atoms with Gasteiger partial charge in [0.1, 0.15) is 4.88 Å². The van der Waals surface area contributed by atoms with E-state index in [1.54, 1.807) is 4.57 Å². The van der Waals surface area contributed by atoms with Crippen LogP contribution in [-0.2, 0) is 16.1 Å². The lowest BCUT2D eigenvalue weighted by Crippen LogP contribution is -2.19. The SMILES string of the molecule is COC(=O)CCn1c(=NC(=O)c2ccc([N+](=O)[O-])s2)sc2cc(C)ccc21. The Morgan fingerprint density at radius 1 is 1.26 bits per heavy atom. The number of methoxy groups -OCH3 is 1. The van der Waals surface area contributed by atoms with E-state index in [0.717, 1.165) is 27.1 Å². The van der Waals surface area contributed by atoms with Gasteiger partial charge in [-0.25, -0.2) is 0 Å². The topological polar surface area (TPSA) is 104 Å². The number of nitro groups is 1. The average molecular weight is 405 g/mol. The molecule has 10 heteroatoms. The molecule has 27 heavy (non-hydrogen) atoms. The van der Waals surface area contributed by atoms with Gasteiger partial charge in [-0.3, -0.25) is 19.7 Å². The fourth-order valence-corrected chi connectivity index (χ4v) is 4.33. The van der Waals surface area contributed by atoms with Crippen molar-refractivity contribution in [2.75, 3.05) is 7.11 Å². The Labute approximate surface area is 161 Å². The van der Waals surface area contributed by atoms with Crippen molar-refractivity contribution in [2.45, 2.75) is 19.9 Å². The van der Waals surface area contributed by atoms with Gasteiger partial charge in [-0.15, -0.1) is 0 Å². The molecule has 0 spiro atoms. The van der Waals surface area contributed by atoms with Crippen LogP contribution in [-0.4, -0.2) is 28.5 Å². The van der Waals surface area contributed by atoms with Crippen molar-refractivity contribution in [1.29, 1.82) is 0 Å². The van der Waals surface area contributed by atoms with E-state index >= 15 is 0 Å². The number of ether oxygens (including phenoxy) is 1. The predicted octanol–water partition coefficient (Wildman–Crippen LogP) is 3.29. The number of amides is 1. The van der Waals surface area contributed by atoms with Gasteiger partial charge < -0.3 is 9.30 Å². The van der Waals surface area contributed by atoms with Crippen molar-refractivity contribution in [2.24, 2.45) is 4.99 Å². The molecule has 0 aliphatic rings. The van der Waals surface area contributed by atoms with Crippen LogP contribution < -0.4 is 4.80 Å². The molecule has 0 saturated heterocycles. The summed E-state index contributed by atoms with van der Waals surface area (Å²) in [5.41, 5.74) is 1.92. The van der Waals surface area contributed by atoms with Crippen LogP contribution >= 0.6 is 22.7 Å². The molecule has 1 amide bonds. The summed E-state index contributed by atoms with van der Waals surface area (Å²) in [4.78, 5) is 39.0. The third-order valence-electron chi connectivity index (χ3n) is 3.79. The monoisotopic (exact) mass is 405 g/mol. The highest BCUT2D eigenvalue weighted by atomic mass is 32.1. The molecule has 0 radical (unpaired) electrons. The van der Waals surface area contributed by atoms with Gasteiger partial charge >= 0.3 is 11.0 Å². The van der Waals surface area contributed by atoms with E-state index in [1.807, 2.05) is 25.1 Å². The minimum atomic E-state index is -0.553. The molecule has 0 unspecified atom stereocenters. The van der Waals surface area contributed by atoms with E-state index in [9.17, 15) is 19.7 Å². The zero-order valence-corrected chi connectivity index (χ0v) is 16.1. The van der Waals surface area contributed by atoms with E-state index in [1.165, 1.54) is 30.6 Å². The summed E-state index contributed by atoms with van der Waals surface area (Å²) in [6, 6.07) is 8.52. The minimum Gasteiger partial charge on any atom is -0.469 e. The molecular formula is C17H15N3O5S2. The van der Waals surface area contributed by atoms with Crippen molar-refractivity contribution in [3.8, 4) is 0 Å². The maximum atomic E-state index is 12.5. The summed E-state index contributed by atoms with van der Waals surface area (Å²) in [5, 5.41) is 10.7. The number of carbonyl (C=O) groups is 2. The number of nitrogens with zero attached hydrogens (tertiary/aromatic N) is 3. The second-order valence-corrected chi connectivity index (χ2v) is 7.72. The Balaban J connectivity index is 2.05. The van der Waals surface area contributed by atoms with E-state index < -0.39 is 10.8 Å². The smallest absolute Gasteiger partial charge is 0.324 e. The first-order valence-corrected chi connectivity index (χ1v) is 9.52. The lowest BCUT2D eigenvalue weighted by Gasteiger charge is -2.04. The number of rotatable bonds is 5. The maximum Gasteiger partial charge on any atom is 0.324 e. The number of hydrogen-bond donors (Lipinski definition) is 0. The maximum absolute atomic E-state index is 12.5. The van der Waals surface area contributed by atoms with E-state index in [0.29, 0.717) is 11.3 Å². The zero-order valence-electron chi connectivity index (χ0n) is 14.5. The third kappa shape index (κ3) is 4.12. The Bertz CT molecular complexity index is 1110. The average Bonchev–Trinajstić information content (AvgIpc) is 3.24. The van der Waals surface area contributed by atoms with Crippen molar-refractivity contribution in [1.82, 2.24) is 4.57 Å². The molecule has 140 valence electrons. The Morgan fingerprint density at radius 2 is 2.04 bits per heavy atom. The predicted molar refractivity (Wildman–Crippen MR) is 102 cm³/mol. The number of aromatic nitrogens is 1. The van der Waals surface area contributed by atoms with Gasteiger partial charge in [0.15, 0.2) is 4.80 Å². The molecule has 1 aromatic carbocycles. The van der Waals surface area contributed by atoms with Gasteiger partial charge in [0.05, 0.1) is 28.7 Å². The van der Waals surface area contributed by atoms with Crippen LogP contribution in [0.15, 0.2) is 35.3 Å². The van der Waals surface area contributed by atoms with Gasteiger partial charge in [0, 0.05) is 12.6 Å². The number of esters is 1. The van der Waals surface area contributed by atoms with Crippen molar-refractivity contribution in [3.63, 3.8) is 0 Å². The normalized spacial score (nSPS) is 11.7. The second-order valence-electron chi connectivity index (χ2n) is 5.65. The number of carbonyl (C=O) groups excluding carboxylic acids is 2. The molecule has 0 atom stereocenters. The van der Waals surface area contributed by atoms with Gasteiger partial charge in [0.2, 0.25) is 0 Å². The summed E-state index contributed by atoms with van der Waals surface area (Å²) < 4.78 is 7.41. The van der Waals surface area contributed by atoms with Crippen LogP contribution in [0.5, 0.6) is 0 Å². The molecular weight excluding hydrogens is 390 g/mol. The quantitative estimate of drug-likeness (QED) is 0.368. The molecule has 0 saturated carbocycles. The Kier molecular flexibility index (Phi) is 5.47. The second kappa shape index (κ2) is 7.80. The van der Waals surface area contributed by atoms with Crippen molar-refractivity contribution < 1.29 is 19.2 Å². The number of thiazole rings is 1. The fourth-order valence-electron chi connectivity index (χ4n) is 2.47. The first kappa shape index (κ1) is 18.9. The first-order chi connectivity index (χ1) is 12.9. The first-order valence-electron chi connectivity index (χ1n) is 7.89. The third-order valence-corrected chi connectivity index (χ3v) is 5.85. The molecule has 2 heterocycles. The largest absolute Gasteiger partial charge is 0.469 e. The lowest BCUT2D eigenvalue weighted by atomic mass is 10.2. The minimum absolute atomic E-state index is 0.112. The molecule has 0 aliphatic heterocycles. The van der Waals surface area contributed by atoms with Gasteiger partial charge in [-0.2, -0.15) is 4.99 Å². The molecule has 0 fully saturated rings. The summed E-state index contributed by atoms with van der Waals surface area (Å²) in [6.07, 6.45) is 0.141. The number of thiophene rings is 1. The molecule has 3 rings (SSSR count). The van der Waals surface area contributed by atoms with Crippen molar-refractivity contribution >= 4 is 49.8 Å². The highest BCUT2D eigenvalue weighted by Crippen LogP contribution is 2.25. The standard InChI is InChI=1S/C17H15N3O5S2/c1-10-3-4-11-13(9-10)27-17(19(11)8-7-15(21)25-2)18-16(22)12-5-6-14(26-12)20(23)24/h3-6,9H,7-8H2,1-2H3. The number of aryl methyl sites for hydroxylation is 2. The number of benzene rings is 1. The summed E-state index contributed by atoms with van der Waals surface area (Å²) in [7, 11) is 1.32. The summed E-state index contributed by atoms with van der Waals surface area (Å²) in [5.74, 6) is -0.914. The molecule has 0 aliphatic carbocycles. The van der Waals surface area contributed by atoms with Gasteiger partial charge in [0.25, 0.3) is 5.91 Å². The van der Waals surface area contributed by atoms with Gasteiger partial charge in [-0.05, 0) is 30.7 Å².